The van der Waals surface area contributed by atoms with Crippen LogP contribution in [-0.2, 0) is 19.4 Å². The third-order valence-electron chi connectivity index (χ3n) is 6.11. The van der Waals surface area contributed by atoms with Crippen LogP contribution in [0.15, 0.2) is 54.9 Å². The summed E-state index contributed by atoms with van der Waals surface area (Å²) >= 11 is 0. The van der Waals surface area contributed by atoms with Crippen LogP contribution in [0.1, 0.15) is 36.2 Å². The van der Waals surface area contributed by atoms with E-state index in [4.69, 9.17) is 16.5 Å². The van der Waals surface area contributed by atoms with Crippen LogP contribution in [0.3, 0.4) is 0 Å². The first-order valence-electron chi connectivity index (χ1n) is 11.4. The SMILES string of the molecule is C#CCn1cc(-c2cccc3nc(Cc4ccc(CCCN5CCCC5)cc4)nn23)cn1. The lowest BCUT2D eigenvalue weighted by Crippen LogP contribution is -2.20. The lowest BCUT2D eigenvalue weighted by molar-refractivity contribution is 0.334. The number of nitrogens with zero attached hydrogens (tertiary/aromatic N) is 6. The molecule has 0 bridgehead atoms. The van der Waals surface area contributed by atoms with Crippen LogP contribution in [0.5, 0.6) is 0 Å². The van der Waals surface area contributed by atoms with E-state index < -0.39 is 0 Å². The molecule has 162 valence electrons. The molecule has 5 rings (SSSR count). The normalized spacial score (nSPS) is 14.2. The van der Waals surface area contributed by atoms with Crippen molar-refractivity contribution in [3.05, 3.63) is 71.8 Å². The zero-order valence-corrected chi connectivity index (χ0v) is 18.3. The second-order valence-corrected chi connectivity index (χ2v) is 8.49. The van der Waals surface area contributed by atoms with Crippen molar-refractivity contribution in [3.8, 4) is 23.6 Å². The van der Waals surface area contributed by atoms with E-state index in [9.17, 15) is 0 Å². The van der Waals surface area contributed by atoms with Gasteiger partial charge in [-0.25, -0.2) is 9.50 Å². The van der Waals surface area contributed by atoms with Gasteiger partial charge in [-0.05, 0) is 68.6 Å². The average Bonchev–Trinajstić information content (AvgIpc) is 3.56. The highest BCUT2D eigenvalue weighted by Gasteiger charge is 2.12. The Bertz CT molecular complexity index is 1220. The van der Waals surface area contributed by atoms with E-state index in [1.54, 1.807) is 4.68 Å². The van der Waals surface area contributed by atoms with E-state index in [-0.39, 0.29) is 0 Å². The van der Waals surface area contributed by atoms with E-state index >= 15 is 0 Å². The topological polar surface area (TPSA) is 51.2 Å². The molecule has 1 saturated heterocycles. The summed E-state index contributed by atoms with van der Waals surface area (Å²) in [5, 5.41) is 9.10. The number of pyridine rings is 1. The Morgan fingerprint density at radius 3 is 2.62 bits per heavy atom. The number of likely N-dealkylation sites (tertiary alicyclic amines) is 1. The van der Waals surface area contributed by atoms with Crippen molar-refractivity contribution in [2.24, 2.45) is 0 Å². The molecule has 0 aliphatic carbocycles. The van der Waals surface area contributed by atoms with Crippen molar-refractivity contribution in [2.45, 2.75) is 38.6 Å². The van der Waals surface area contributed by atoms with Gasteiger partial charge >= 0.3 is 0 Å². The summed E-state index contributed by atoms with van der Waals surface area (Å²) in [6, 6.07) is 14.9. The van der Waals surface area contributed by atoms with Crippen molar-refractivity contribution in [3.63, 3.8) is 0 Å². The van der Waals surface area contributed by atoms with Crippen molar-refractivity contribution >= 4 is 5.65 Å². The maximum absolute atomic E-state index is 5.39. The minimum Gasteiger partial charge on any atom is -0.303 e. The van der Waals surface area contributed by atoms with Gasteiger partial charge in [-0.3, -0.25) is 4.68 Å². The number of benzene rings is 1. The molecule has 0 saturated carbocycles. The molecule has 1 aromatic carbocycles. The fourth-order valence-corrected chi connectivity index (χ4v) is 4.44. The summed E-state index contributed by atoms with van der Waals surface area (Å²) in [6.45, 7) is 4.23. The zero-order valence-electron chi connectivity index (χ0n) is 18.3. The minimum atomic E-state index is 0.451. The van der Waals surface area contributed by atoms with Crippen LogP contribution in [-0.4, -0.2) is 48.9 Å². The lowest BCUT2D eigenvalue weighted by Gasteiger charge is -2.13. The molecule has 0 unspecified atom stereocenters. The summed E-state index contributed by atoms with van der Waals surface area (Å²) < 4.78 is 3.64. The molecule has 1 fully saturated rings. The lowest BCUT2D eigenvalue weighted by atomic mass is 10.1. The van der Waals surface area contributed by atoms with E-state index in [0.29, 0.717) is 13.0 Å². The Labute approximate surface area is 188 Å². The van der Waals surface area contributed by atoms with Crippen LogP contribution < -0.4 is 0 Å². The van der Waals surface area contributed by atoms with Gasteiger partial charge in [0.2, 0.25) is 0 Å². The fraction of sp³-hybridized carbons (Fsp3) is 0.346. The monoisotopic (exact) mass is 424 g/mol. The number of terminal acetylenes is 1. The Morgan fingerprint density at radius 1 is 1.00 bits per heavy atom. The van der Waals surface area contributed by atoms with Gasteiger partial charge < -0.3 is 4.90 Å². The highest BCUT2D eigenvalue weighted by molar-refractivity contribution is 5.61. The van der Waals surface area contributed by atoms with Gasteiger partial charge in [-0.15, -0.1) is 6.42 Å². The summed E-state index contributed by atoms with van der Waals surface area (Å²) in [4.78, 5) is 7.32. The molecule has 6 heteroatoms. The van der Waals surface area contributed by atoms with Crippen LogP contribution in [0, 0.1) is 12.3 Å². The maximum atomic E-state index is 5.39. The molecular formula is C26H28N6. The van der Waals surface area contributed by atoms with Gasteiger partial charge in [0.05, 0.1) is 11.9 Å². The molecule has 1 aliphatic heterocycles. The average molecular weight is 425 g/mol. The molecule has 6 nitrogen and oxygen atoms in total. The number of hydrogen-bond donors (Lipinski definition) is 0. The fourth-order valence-electron chi connectivity index (χ4n) is 4.44. The number of hydrogen-bond acceptors (Lipinski definition) is 4. The Hall–Kier alpha value is -3.43. The van der Waals surface area contributed by atoms with Gasteiger partial charge in [-0.2, -0.15) is 10.2 Å². The van der Waals surface area contributed by atoms with E-state index in [2.05, 4.69) is 40.2 Å². The summed E-state index contributed by atoms with van der Waals surface area (Å²) in [5.74, 6) is 3.42. The first kappa shape index (κ1) is 20.5. The minimum absolute atomic E-state index is 0.451. The van der Waals surface area contributed by atoms with E-state index in [1.165, 1.54) is 50.0 Å². The van der Waals surface area contributed by atoms with Crippen molar-refractivity contribution in [2.75, 3.05) is 19.6 Å². The third kappa shape index (κ3) is 4.58. The van der Waals surface area contributed by atoms with Gasteiger partial charge in [0, 0.05) is 18.2 Å². The smallest absolute Gasteiger partial charge is 0.156 e. The quantitative estimate of drug-likeness (QED) is 0.403. The Morgan fingerprint density at radius 2 is 1.81 bits per heavy atom. The second-order valence-electron chi connectivity index (χ2n) is 8.49. The van der Waals surface area contributed by atoms with E-state index in [1.807, 2.05) is 35.1 Å². The molecule has 32 heavy (non-hydrogen) atoms. The maximum Gasteiger partial charge on any atom is 0.156 e. The Kier molecular flexibility index (Phi) is 6.00. The van der Waals surface area contributed by atoms with Crippen LogP contribution >= 0.6 is 0 Å². The van der Waals surface area contributed by atoms with Gasteiger partial charge in [0.25, 0.3) is 0 Å². The molecule has 4 heterocycles. The Balaban J connectivity index is 1.26. The molecule has 1 aliphatic rings. The predicted octanol–water partition coefficient (Wildman–Crippen LogP) is 3.85. The summed E-state index contributed by atoms with van der Waals surface area (Å²) in [7, 11) is 0. The predicted molar refractivity (Wildman–Crippen MR) is 126 cm³/mol. The molecular weight excluding hydrogens is 396 g/mol. The van der Waals surface area contributed by atoms with E-state index in [0.717, 1.165) is 29.1 Å². The van der Waals surface area contributed by atoms with Crippen molar-refractivity contribution in [1.29, 1.82) is 0 Å². The standard InChI is InChI=1S/C26H28N6/c1-2-14-31-20-23(19-27-31)24-8-5-9-26-28-25(29-32(24)26)18-22-12-10-21(11-13-22)7-6-17-30-15-3-4-16-30/h1,5,8-13,19-20H,3-4,6-7,14-18H2. The summed E-state index contributed by atoms with van der Waals surface area (Å²) in [6.07, 6.45) is 15.0. The van der Waals surface area contributed by atoms with Crippen molar-refractivity contribution in [1.82, 2.24) is 29.3 Å². The number of rotatable bonds is 8. The highest BCUT2D eigenvalue weighted by Crippen LogP contribution is 2.20. The third-order valence-corrected chi connectivity index (χ3v) is 6.11. The molecule has 0 radical (unpaired) electrons. The number of aryl methyl sites for hydroxylation is 1. The first-order valence-corrected chi connectivity index (χ1v) is 11.4. The number of fused-ring (bicyclic) bond motifs is 1. The molecule has 4 aromatic rings. The van der Waals surface area contributed by atoms with Gasteiger partial charge in [0.15, 0.2) is 11.5 Å². The van der Waals surface area contributed by atoms with Gasteiger partial charge in [-0.1, -0.05) is 36.3 Å². The van der Waals surface area contributed by atoms with Crippen LogP contribution in [0.4, 0.5) is 0 Å². The molecule has 0 amide bonds. The number of aromatic nitrogens is 5. The second kappa shape index (κ2) is 9.37. The summed E-state index contributed by atoms with van der Waals surface area (Å²) in [5.41, 5.74) is 5.40. The first-order chi connectivity index (χ1) is 15.8. The van der Waals surface area contributed by atoms with Gasteiger partial charge in [0.1, 0.15) is 6.54 Å². The zero-order chi connectivity index (χ0) is 21.8. The van der Waals surface area contributed by atoms with Crippen molar-refractivity contribution < 1.29 is 0 Å². The molecule has 0 spiro atoms. The molecule has 0 atom stereocenters. The highest BCUT2D eigenvalue weighted by atomic mass is 15.3. The molecule has 3 aromatic heterocycles. The largest absolute Gasteiger partial charge is 0.303 e. The molecule has 0 N–H and O–H groups in total. The van der Waals surface area contributed by atoms with Crippen LogP contribution in [0.2, 0.25) is 0 Å². The van der Waals surface area contributed by atoms with Crippen LogP contribution in [0.25, 0.3) is 16.9 Å².